The topological polar surface area (TPSA) is 108 Å². The minimum Gasteiger partial charge on any atom is -0.376 e. The predicted molar refractivity (Wildman–Crippen MR) is 112 cm³/mol. The van der Waals surface area contributed by atoms with Gasteiger partial charge < -0.3 is 4.74 Å². The highest BCUT2D eigenvalue weighted by Crippen LogP contribution is 2.20. The van der Waals surface area contributed by atoms with Gasteiger partial charge in [-0.25, -0.2) is 8.42 Å². The van der Waals surface area contributed by atoms with E-state index in [2.05, 4.69) is 14.9 Å². The third-order valence-corrected chi connectivity index (χ3v) is 6.71. The first-order chi connectivity index (χ1) is 14.3. The van der Waals surface area contributed by atoms with Crippen LogP contribution in [0.1, 0.15) is 12.8 Å². The van der Waals surface area contributed by atoms with Crippen LogP contribution in [0.3, 0.4) is 0 Å². The van der Waals surface area contributed by atoms with Crippen LogP contribution in [0, 0.1) is 0 Å². The van der Waals surface area contributed by atoms with Crippen molar-refractivity contribution in [3.8, 4) is 5.69 Å². The quantitative estimate of drug-likeness (QED) is 0.594. The Hall–Kier alpha value is -2.40. The van der Waals surface area contributed by atoms with E-state index in [9.17, 15) is 13.2 Å². The van der Waals surface area contributed by atoms with E-state index in [0.29, 0.717) is 17.9 Å². The van der Waals surface area contributed by atoms with Gasteiger partial charge in [-0.1, -0.05) is 23.2 Å². The molecule has 0 unspecified atom stereocenters. The SMILES string of the molecule is O=c1c(Cl)c(Cl)cnn1-c1ccc(S(=O)(=O)Nc2cnn(C[C@H]3CCCO3)c2)cc1. The summed E-state index contributed by atoms with van der Waals surface area (Å²) in [5.41, 5.74) is 0.0953. The molecule has 0 saturated carbocycles. The fourth-order valence-electron chi connectivity index (χ4n) is 3.09. The molecule has 3 aromatic rings. The monoisotopic (exact) mass is 469 g/mol. The summed E-state index contributed by atoms with van der Waals surface area (Å²) in [7, 11) is -3.84. The van der Waals surface area contributed by atoms with Crippen LogP contribution in [0.25, 0.3) is 5.69 Å². The van der Waals surface area contributed by atoms with E-state index < -0.39 is 15.6 Å². The molecule has 0 spiro atoms. The molecular formula is C18H17Cl2N5O4S. The van der Waals surface area contributed by atoms with E-state index >= 15 is 0 Å². The highest BCUT2D eigenvalue weighted by Gasteiger charge is 2.19. The van der Waals surface area contributed by atoms with Gasteiger partial charge in [-0.15, -0.1) is 0 Å². The molecule has 30 heavy (non-hydrogen) atoms. The molecule has 0 aliphatic carbocycles. The number of sulfonamides is 1. The Balaban J connectivity index is 1.50. The van der Waals surface area contributed by atoms with Gasteiger partial charge in [0.15, 0.2) is 0 Å². The van der Waals surface area contributed by atoms with Gasteiger partial charge in [-0.3, -0.25) is 14.2 Å². The summed E-state index contributed by atoms with van der Waals surface area (Å²) >= 11 is 11.6. The van der Waals surface area contributed by atoms with Crippen molar-refractivity contribution in [3.05, 3.63) is 63.3 Å². The lowest BCUT2D eigenvalue weighted by atomic mass is 10.2. The Morgan fingerprint density at radius 3 is 2.63 bits per heavy atom. The van der Waals surface area contributed by atoms with Gasteiger partial charge in [0, 0.05) is 12.8 Å². The Morgan fingerprint density at radius 1 is 1.17 bits per heavy atom. The van der Waals surface area contributed by atoms with Crippen molar-refractivity contribution < 1.29 is 13.2 Å². The van der Waals surface area contributed by atoms with Gasteiger partial charge >= 0.3 is 0 Å². The van der Waals surface area contributed by atoms with Crippen LogP contribution in [0.15, 0.2) is 52.5 Å². The van der Waals surface area contributed by atoms with Crippen molar-refractivity contribution in [1.82, 2.24) is 19.6 Å². The number of hydrogen-bond acceptors (Lipinski definition) is 6. The zero-order chi connectivity index (χ0) is 21.3. The molecule has 1 aliphatic heterocycles. The number of benzene rings is 1. The minimum atomic E-state index is -3.84. The van der Waals surface area contributed by atoms with Gasteiger partial charge in [0.05, 0.1) is 46.3 Å². The van der Waals surface area contributed by atoms with Crippen molar-refractivity contribution in [2.45, 2.75) is 30.4 Å². The molecule has 4 rings (SSSR count). The molecule has 0 radical (unpaired) electrons. The fourth-order valence-corrected chi connectivity index (χ4v) is 4.37. The van der Waals surface area contributed by atoms with Gasteiger partial charge in [0.25, 0.3) is 15.6 Å². The number of hydrogen-bond donors (Lipinski definition) is 1. The summed E-state index contributed by atoms with van der Waals surface area (Å²) in [5.74, 6) is 0. The number of nitrogens with one attached hydrogen (secondary N) is 1. The van der Waals surface area contributed by atoms with E-state index in [-0.39, 0.29) is 21.0 Å². The molecule has 1 aromatic carbocycles. The lowest BCUT2D eigenvalue weighted by Gasteiger charge is -2.09. The van der Waals surface area contributed by atoms with Crippen molar-refractivity contribution in [2.24, 2.45) is 0 Å². The molecule has 158 valence electrons. The third kappa shape index (κ3) is 4.36. The fraction of sp³-hybridized carbons (Fsp3) is 0.278. The van der Waals surface area contributed by atoms with E-state index in [1.54, 1.807) is 10.9 Å². The second-order valence-electron chi connectivity index (χ2n) is 6.71. The van der Waals surface area contributed by atoms with E-state index in [0.717, 1.165) is 24.1 Å². The van der Waals surface area contributed by atoms with Crippen LogP contribution in [0.4, 0.5) is 5.69 Å². The average Bonchev–Trinajstić information content (AvgIpc) is 3.39. The molecule has 9 nitrogen and oxygen atoms in total. The van der Waals surface area contributed by atoms with Crippen LogP contribution in [-0.4, -0.2) is 40.7 Å². The lowest BCUT2D eigenvalue weighted by Crippen LogP contribution is -2.21. The molecule has 0 amide bonds. The second kappa shape index (κ2) is 8.38. The van der Waals surface area contributed by atoms with Crippen LogP contribution < -0.4 is 10.3 Å². The number of aromatic nitrogens is 4. The van der Waals surface area contributed by atoms with Gasteiger partial charge in [0.1, 0.15) is 5.02 Å². The number of rotatable bonds is 6. The van der Waals surface area contributed by atoms with Crippen LogP contribution in [0.2, 0.25) is 10.0 Å². The summed E-state index contributed by atoms with van der Waals surface area (Å²) < 4.78 is 36.1. The Morgan fingerprint density at radius 2 is 1.93 bits per heavy atom. The summed E-state index contributed by atoms with van der Waals surface area (Å²) in [5, 5.41) is 7.97. The maximum atomic E-state index is 12.7. The predicted octanol–water partition coefficient (Wildman–Crippen LogP) is 2.72. The van der Waals surface area contributed by atoms with E-state index in [4.69, 9.17) is 27.9 Å². The summed E-state index contributed by atoms with van der Waals surface area (Å²) in [4.78, 5) is 12.2. The Labute approximate surface area is 182 Å². The minimum absolute atomic E-state index is 0.0197. The van der Waals surface area contributed by atoms with Crippen molar-refractivity contribution in [3.63, 3.8) is 0 Å². The molecular weight excluding hydrogens is 453 g/mol. The molecule has 1 N–H and O–H groups in total. The average molecular weight is 470 g/mol. The summed E-state index contributed by atoms with van der Waals surface area (Å²) in [6, 6.07) is 5.64. The summed E-state index contributed by atoms with van der Waals surface area (Å²) in [6.45, 7) is 1.31. The van der Waals surface area contributed by atoms with Crippen molar-refractivity contribution >= 4 is 38.9 Å². The van der Waals surface area contributed by atoms with Gasteiger partial charge in [-0.2, -0.15) is 14.9 Å². The molecule has 1 aliphatic rings. The molecule has 3 heterocycles. The zero-order valence-corrected chi connectivity index (χ0v) is 17.9. The molecule has 2 aromatic heterocycles. The highest BCUT2D eigenvalue weighted by molar-refractivity contribution is 7.92. The van der Waals surface area contributed by atoms with Gasteiger partial charge in [-0.05, 0) is 37.1 Å². The number of halogens is 2. The normalized spacial score (nSPS) is 16.7. The second-order valence-corrected chi connectivity index (χ2v) is 9.18. The molecule has 1 atom stereocenters. The first-order valence-corrected chi connectivity index (χ1v) is 11.3. The van der Waals surface area contributed by atoms with Crippen molar-refractivity contribution in [2.75, 3.05) is 11.3 Å². The lowest BCUT2D eigenvalue weighted by molar-refractivity contribution is 0.0940. The Kier molecular flexibility index (Phi) is 5.83. The molecule has 1 fully saturated rings. The summed E-state index contributed by atoms with van der Waals surface area (Å²) in [6.07, 6.45) is 6.38. The largest absolute Gasteiger partial charge is 0.376 e. The molecule has 12 heteroatoms. The van der Waals surface area contributed by atoms with Gasteiger partial charge in [0.2, 0.25) is 0 Å². The highest BCUT2D eigenvalue weighted by atomic mass is 35.5. The van der Waals surface area contributed by atoms with Crippen LogP contribution in [0.5, 0.6) is 0 Å². The van der Waals surface area contributed by atoms with E-state index in [1.165, 1.54) is 36.7 Å². The zero-order valence-electron chi connectivity index (χ0n) is 15.5. The number of anilines is 1. The van der Waals surface area contributed by atoms with E-state index in [1.807, 2.05) is 0 Å². The third-order valence-electron chi connectivity index (χ3n) is 4.57. The first-order valence-electron chi connectivity index (χ1n) is 9.04. The number of ether oxygens (including phenoxy) is 1. The van der Waals surface area contributed by atoms with Crippen molar-refractivity contribution in [1.29, 1.82) is 0 Å². The maximum Gasteiger partial charge on any atom is 0.291 e. The first kappa shape index (κ1) is 20.9. The smallest absolute Gasteiger partial charge is 0.291 e. The molecule has 1 saturated heterocycles. The van der Waals surface area contributed by atoms with Crippen LogP contribution >= 0.6 is 23.2 Å². The number of nitrogens with zero attached hydrogens (tertiary/aromatic N) is 4. The van der Waals surface area contributed by atoms with Crippen LogP contribution in [-0.2, 0) is 21.3 Å². The Bertz CT molecular complexity index is 1220. The standard InChI is InChI=1S/C18H17Cl2N5O4S/c19-16-9-22-25(18(26)17(16)20)13-3-5-15(6-4-13)30(27,28)23-12-8-21-24(10-12)11-14-2-1-7-29-14/h3-6,8-10,14,23H,1-2,7,11H2/t14-/m1/s1. The maximum absolute atomic E-state index is 12.7. The molecule has 0 bridgehead atoms.